The molecule has 2 N–H and O–H groups in total. The summed E-state index contributed by atoms with van der Waals surface area (Å²) in [4.78, 5) is 18.4. The van der Waals surface area contributed by atoms with Crippen LogP contribution < -0.4 is 0 Å². The van der Waals surface area contributed by atoms with Gasteiger partial charge in [-0.25, -0.2) is 9.78 Å². The highest BCUT2D eigenvalue weighted by molar-refractivity contribution is 6.01. The number of carbonyl (C=O) groups is 1. The summed E-state index contributed by atoms with van der Waals surface area (Å²) in [5.74, 6) is 0.304. The zero-order chi connectivity index (χ0) is 11.8. The number of aromatic carboxylic acids is 1. The smallest absolute Gasteiger partial charge is 0.337 e. The fourth-order valence-electron chi connectivity index (χ4n) is 1.90. The van der Waals surface area contributed by atoms with E-state index in [1.165, 1.54) is 0 Å². The van der Waals surface area contributed by atoms with E-state index in [0.717, 1.165) is 6.42 Å². The Kier molecular flexibility index (Phi) is 2.11. The number of aromatic amines is 1. The molecule has 0 unspecified atom stereocenters. The van der Waals surface area contributed by atoms with Crippen LogP contribution in [0.25, 0.3) is 16.8 Å². The fourth-order valence-corrected chi connectivity index (χ4v) is 1.90. The van der Waals surface area contributed by atoms with Crippen molar-refractivity contribution in [2.45, 2.75) is 6.42 Å². The summed E-state index contributed by atoms with van der Waals surface area (Å²) in [5.41, 5.74) is 1.37. The van der Waals surface area contributed by atoms with Crippen LogP contribution in [0.1, 0.15) is 22.6 Å². The molecule has 86 valence electrons. The second kappa shape index (κ2) is 3.62. The predicted molar refractivity (Wildman–Crippen MR) is 61.6 cm³/mol. The van der Waals surface area contributed by atoms with Crippen molar-refractivity contribution in [1.82, 2.24) is 9.97 Å². The molecule has 2 heterocycles. The van der Waals surface area contributed by atoms with Crippen LogP contribution in [0.3, 0.4) is 0 Å². The summed E-state index contributed by atoms with van der Waals surface area (Å²) in [6.45, 7) is 0.651. The number of carboxylic acid groups (broad SMARTS) is 1. The lowest BCUT2D eigenvalue weighted by Crippen LogP contribution is -1.96. The van der Waals surface area contributed by atoms with Crippen molar-refractivity contribution in [3.05, 3.63) is 35.7 Å². The molecule has 0 saturated heterocycles. The van der Waals surface area contributed by atoms with E-state index in [0.29, 0.717) is 29.2 Å². The third-order valence-electron chi connectivity index (χ3n) is 2.68. The maximum Gasteiger partial charge on any atom is 0.337 e. The van der Waals surface area contributed by atoms with Crippen molar-refractivity contribution in [3.63, 3.8) is 0 Å². The number of hydrogen-bond acceptors (Lipinski definition) is 3. The van der Waals surface area contributed by atoms with Gasteiger partial charge in [-0.15, -0.1) is 0 Å². The van der Waals surface area contributed by atoms with Crippen LogP contribution in [0.5, 0.6) is 0 Å². The number of fused-ring (bicyclic) bond motifs is 1. The van der Waals surface area contributed by atoms with Crippen molar-refractivity contribution in [3.8, 4) is 0 Å². The third kappa shape index (κ3) is 1.56. The Morgan fingerprint density at radius 2 is 2.35 bits per heavy atom. The van der Waals surface area contributed by atoms with Crippen LogP contribution in [0.15, 0.2) is 24.3 Å². The first-order valence-electron chi connectivity index (χ1n) is 5.31. The Hall–Kier alpha value is -2.30. The van der Waals surface area contributed by atoms with Gasteiger partial charge in [-0.3, -0.25) is 0 Å². The number of nitrogens with zero attached hydrogens (tertiary/aromatic N) is 1. The number of nitrogens with one attached hydrogen (secondary N) is 1. The average molecular weight is 230 g/mol. The number of hydrogen-bond donors (Lipinski definition) is 2. The molecule has 0 aliphatic carbocycles. The molecule has 0 radical (unpaired) electrons. The predicted octanol–water partition coefficient (Wildman–Crippen LogP) is 2.02. The standard InChI is InChI=1S/C12H10N2O3/c15-12(16)7-3-1-4-8-10(7)14-11(13-8)9-5-2-6-17-9/h1,3-5H,2,6H2,(H,13,14)(H,15,16). The van der Waals surface area contributed by atoms with Gasteiger partial charge in [0.1, 0.15) is 5.52 Å². The lowest BCUT2D eigenvalue weighted by atomic mass is 10.2. The van der Waals surface area contributed by atoms with Crippen LogP contribution in [0.2, 0.25) is 0 Å². The number of ether oxygens (including phenoxy) is 1. The van der Waals surface area contributed by atoms with E-state index < -0.39 is 5.97 Å². The van der Waals surface area contributed by atoms with Crippen molar-refractivity contribution in [2.24, 2.45) is 0 Å². The molecule has 1 aromatic carbocycles. The molecule has 1 aliphatic rings. The number of para-hydroxylation sites is 1. The average Bonchev–Trinajstić information content (AvgIpc) is 2.96. The molecule has 1 aromatic heterocycles. The summed E-state index contributed by atoms with van der Waals surface area (Å²) in [7, 11) is 0. The first kappa shape index (κ1) is 9.89. The van der Waals surface area contributed by atoms with Crippen molar-refractivity contribution in [1.29, 1.82) is 0 Å². The minimum Gasteiger partial charge on any atom is -0.490 e. The second-order valence-corrected chi connectivity index (χ2v) is 3.80. The van der Waals surface area contributed by atoms with Gasteiger partial charge in [0.25, 0.3) is 0 Å². The van der Waals surface area contributed by atoms with E-state index in [-0.39, 0.29) is 5.56 Å². The molecule has 3 rings (SSSR count). The third-order valence-corrected chi connectivity index (χ3v) is 2.68. The normalized spacial score (nSPS) is 14.7. The lowest BCUT2D eigenvalue weighted by molar-refractivity contribution is 0.0699. The van der Waals surface area contributed by atoms with E-state index >= 15 is 0 Å². The maximum absolute atomic E-state index is 11.0. The number of benzene rings is 1. The second-order valence-electron chi connectivity index (χ2n) is 3.80. The molecule has 0 atom stereocenters. The molecule has 2 aromatic rings. The molecule has 5 heteroatoms. The molecule has 17 heavy (non-hydrogen) atoms. The van der Waals surface area contributed by atoms with E-state index in [2.05, 4.69) is 9.97 Å². The number of rotatable bonds is 2. The Bertz CT molecular complexity index is 628. The Labute approximate surface area is 96.7 Å². The summed E-state index contributed by atoms with van der Waals surface area (Å²) in [6.07, 6.45) is 2.80. The van der Waals surface area contributed by atoms with E-state index in [9.17, 15) is 4.79 Å². The molecule has 0 bridgehead atoms. The highest BCUT2D eigenvalue weighted by Gasteiger charge is 2.16. The van der Waals surface area contributed by atoms with Crippen LogP contribution in [-0.2, 0) is 4.74 Å². The quantitative estimate of drug-likeness (QED) is 0.827. The van der Waals surface area contributed by atoms with Gasteiger partial charge in [-0.1, -0.05) is 6.07 Å². The van der Waals surface area contributed by atoms with Crippen LogP contribution in [-0.4, -0.2) is 27.7 Å². The monoisotopic (exact) mass is 230 g/mol. The number of carboxylic acids is 1. The Morgan fingerprint density at radius 3 is 3.06 bits per heavy atom. The topological polar surface area (TPSA) is 75.2 Å². The van der Waals surface area contributed by atoms with Gasteiger partial charge in [0.15, 0.2) is 11.6 Å². The molecule has 0 amide bonds. The molecular formula is C12H10N2O3. The lowest BCUT2D eigenvalue weighted by Gasteiger charge is -1.97. The number of H-pyrrole nitrogens is 1. The molecule has 0 fully saturated rings. The molecule has 0 spiro atoms. The summed E-state index contributed by atoms with van der Waals surface area (Å²) in [6, 6.07) is 5.03. The highest BCUT2D eigenvalue weighted by atomic mass is 16.5. The van der Waals surface area contributed by atoms with Gasteiger partial charge in [0.05, 0.1) is 17.7 Å². The van der Waals surface area contributed by atoms with Gasteiger partial charge in [0, 0.05) is 6.42 Å². The van der Waals surface area contributed by atoms with Crippen LogP contribution >= 0.6 is 0 Å². The minimum absolute atomic E-state index is 0.198. The van der Waals surface area contributed by atoms with Crippen molar-refractivity contribution < 1.29 is 14.6 Å². The summed E-state index contributed by atoms with van der Waals surface area (Å²) < 4.78 is 5.39. The van der Waals surface area contributed by atoms with E-state index in [4.69, 9.17) is 9.84 Å². The van der Waals surface area contributed by atoms with Gasteiger partial charge in [-0.2, -0.15) is 0 Å². The maximum atomic E-state index is 11.0. The van der Waals surface area contributed by atoms with Gasteiger partial charge >= 0.3 is 5.97 Å². The van der Waals surface area contributed by atoms with Gasteiger partial charge in [0.2, 0.25) is 0 Å². The van der Waals surface area contributed by atoms with Crippen molar-refractivity contribution >= 4 is 22.8 Å². The minimum atomic E-state index is -0.977. The zero-order valence-electron chi connectivity index (χ0n) is 8.93. The van der Waals surface area contributed by atoms with Crippen LogP contribution in [0, 0.1) is 0 Å². The van der Waals surface area contributed by atoms with E-state index in [1.807, 2.05) is 6.08 Å². The first-order valence-corrected chi connectivity index (χ1v) is 5.31. The summed E-state index contributed by atoms with van der Waals surface area (Å²) in [5, 5.41) is 9.06. The number of imidazole rings is 1. The Morgan fingerprint density at radius 1 is 1.47 bits per heavy atom. The Balaban J connectivity index is 2.18. The van der Waals surface area contributed by atoms with Gasteiger partial charge in [-0.05, 0) is 18.2 Å². The molecular weight excluding hydrogens is 220 g/mol. The highest BCUT2D eigenvalue weighted by Crippen LogP contribution is 2.23. The number of aromatic nitrogens is 2. The van der Waals surface area contributed by atoms with Gasteiger partial charge < -0.3 is 14.8 Å². The molecule has 0 saturated carbocycles. The SMILES string of the molecule is O=C(O)c1cccc2[nH]c(C3=CCCO3)nc12. The zero-order valence-corrected chi connectivity index (χ0v) is 8.93. The molecule has 5 nitrogen and oxygen atoms in total. The van der Waals surface area contributed by atoms with E-state index in [1.54, 1.807) is 18.2 Å². The molecule has 1 aliphatic heterocycles. The largest absolute Gasteiger partial charge is 0.490 e. The summed E-state index contributed by atoms with van der Waals surface area (Å²) >= 11 is 0. The van der Waals surface area contributed by atoms with Crippen LogP contribution in [0.4, 0.5) is 0 Å². The fraction of sp³-hybridized carbons (Fsp3) is 0.167. The first-order chi connectivity index (χ1) is 8.25. The van der Waals surface area contributed by atoms with Crippen molar-refractivity contribution in [2.75, 3.05) is 6.61 Å².